The molecule has 0 aliphatic carbocycles. The molecule has 1 atom stereocenters. The van der Waals surface area contributed by atoms with Crippen LogP contribution in [-0.4, -0.2) is 44.3 Å². The molecule has 1 aliphatic heterocycles. The lowest BCUT2D eigenvalue weighted by atomic mass is 9.98. The molecular formula is C32H28Cl2N6O3. The van der Waals surface area contributed by atoms with Crippen LogP contribution in [0.25, 0.3) is 16.6 Å². The number of nitrogens with one attached hydrogen (secondary N) is 3. The van der Waals surface area contributed by atoms with Crippen LogP contribution in [0.3, 0.4) is 0 Å². The molecule has 0 spiro atoms. The second kappa shape index (κ2) is 11.6. The molecule has 2 aromatic heterocycles. The number of fused-ring (bicyclic) bond motifs is 2. The molecule has 0 radical (unpaired) electrons. The van der Waals surface area contributed by atoms with Crippen molar-refractivity contribution >= 4 is 51.9 Å². The number of halogens is 2. The van der Waals surface area contributed by atoms with Crippen LogP contribution in [-0.2, 0) is 19.5 Å². The number of hydrogen-bond acceptors (Lipinski definition) is 5. The van der Waals surface area contributed by atoms with Crippen LogP contribution in [0.5, 0.6) is 0 Å². The van der Waals surface area contributed by atoms with Gasteiger partial charge in [0.2, 0.25) is 5.95 Å². The summed E-state index contributed by atoms with van der Waals surface area (Å²) in [6, 6.07) is 19.4. The Balaban J connectivity index is 1.39. The van der Waals surface area contributed by atoms with Gasteiger partial charge in [0.25, 0.3) is 17.4 Å². The number of hydrogen-bond donors (Lipinski definition) is 3. The van der Waals surface area contributed by atoms with Crippen LogP contribution in [0.1, 0.15) is 44.5 Å². The number of amides is 2. The van der Waals surface area contributed by atoms with E-state index in [1.54, 1.807) is 54.4 Å². The third-order valence-electron chi connectivity index (χ3n) is 7.72. The third-order valence-corrected chi connectivity index (χ3v) is 8.46. The predicted octanol–water partition coefficient (Wildman–Crippen LogP) is 5.58. The molecule has 43 heavy (non-hydrogen) atoms. The Morgan fingerprint density at radius 2 is 1.77 bits per heavy atom. The Morgan fingerprint density at radius 3 is 2.51 bits per heavy atom. The van der Waals surface area contributed by atoms with Gasteiger partial charge in [-0.2, -0.15) is 0 Å². The first-order chi connectivity index (χ1) is 20.7. The van der Waals surface area contributed by atoms with Crippen molar-refractivity contribution in [2.24, 2.45) is 0 Å². The van der Waals surface area contributed by atoms with Crippen LogP contribution in [0.15, 0.2) is 77.7 Å². The summed E-state index contributed by atoms with van der Waals surface area (Å²) in [4.78, 5) is 49.5. The van der Waals surface area contributed by atoms with E-state index in [0.29, 0.717) is 57.0 Å². The summed E-state index contributed by atoms with van der Waals surface area (Å²) in [6.07, 6.45) is 2.22. The standard InChI is InChI=1S/C32H28Cl2N6O3/c1-18-13-24-28(17-39(18)30(42)22-6-9-25(33)26(34)15-22)38-32(37-16-19-3-10-27-21(14-19)11-12-36-27)40(31(24)43)23-7-4-20(5-8-23)29(41)35-2/h3-12,14-15,18,36H,13,16-17H2,1-2H3,(H,35,41)(H,37,38)/t18-/m1/s1. The number of carbonyl (C=O) groups is 2. The molecule has 1 aliphatic rings. The van der Waals surface area contributed by atoms with Gasteiger partial charge in [0.05, 0.1) is 28.0 Å². The summed E-state index contributed by atoms with van der Waals surface area (Å²) in [6.45, 7) is 2.47. The number of anilines is 1. The Labute approximate surface area is 257 Å². The molecule has 3 aromatic carbocycles. The summed E-state index contributed by atoms with van der Waals surface area (Å²) in [5.74, 6) is -0.106. The van der Waals surface area contributed by atoms with E-state index in [2.05, 4.69) is 21.7 Å². The van der Waals surface area contributed by atoms with Crippen molar-refractivity contribution in [2.45, 2.75) is 32.5 Å². The number of H-pyrrole nitrogens is 1. The lowest BCUT2D eigenvalue weighted by Gasteiger charge is -2.34. The molecule has 0 unspecified atom stereocenters. The molecule has 9 nitrogen and oxygen atoms in total. The minimum absolute atomic E-state index is 0.158. The highest BCUT2D eigenvalue weighted by Gasteiger charge is 2.32. The van der Waals surface area contributed by atoms with Crippen molar-refractivity contribution in [3.8, 4) is 5.69 Å². The molecular weight excluding hydrogens is 587 g/mol. The Bertz CT molecular complexity index is 1930. The van der Waals surface area contributed by atoms with Crippen molar-refractivity contribution in [3.63, 3.8) is 0 Å². The number of aromatic nitrogens is 3. The molecule has 11 heteroatoms. The topological polar surface area (TPSA) is 112 Å². The molecule has 0 saturated carbocycles. The zero-order valence-electron chi connectivity index (χ0n) is 23.4. The monoisotopic (exact) mass is 614 g/mol. The minimum atomic E-state index is -0.264. The van der Waals surface area contributed by atoms with E-state index in [0.717, 1.165) is 16.5 Å². The first-order valence-electron chi connectivity index (χ1n) is 13.8. The first kappa shape index (κ1) is 28.5. The largest absolute Gasteiger partial charge is 0.361 e. The number of benzene rings is 3. The Morgan fingerprint density at radius 1 is 1.00 bits per heavy atom. The van der Waals surface area contributed by atoms with E-state index >= 15 is 0 Å². The average molecular weight is 616 g/mol. The summed E-state index contributed by atoms with van der Waals surface area (Å²) >= 11 is 12.2. The van der Waals surface area contributed by atoms with Gasteiger partial charge in [-0.05, 0) is 85.0 Å². The van der Waals surface area contributed by atoms with Crippen LogP contribution in [0.4, 0.5) is 5.95 Å². The molecule has 0 bridgehead atoms. The van der Waals surface area contributed by atoms with Gasteiger partial charge in [-0.3, -0.25) is 14.4 Å². The maximum atomic E-state index is 14.1. The van der Waals surface area contributed by atoms with Crippen molar-refractivity contribution in [1.29, 1.82) is 0 Å². The molecule has 3 heterocycles. The molecule has 0 fully saturated rings. The normalized spacial score (nSPS) is 14.4. The average Bonchev–Trinajstić information content (AvgIpc) is 3.49. The second-order valence-electron chi connectivity index (χ2n) is 10.5. The fourth-order valence-electron chi connectivity index (χ4n) is 5.38. The lowest BCUT2D eigenvalue weighted by Crippen LogP contribution is -2.46. The maximum Gasteiger partial charge on any atom is 0.263 e. The van der Waals surface area contributed by atoms with Gasteiger partial charge in [0.15, 0.2) is 0 Å². The van der Waals surface area contributed by atoms with E-state index in [4.69, 9.17) is 28.2 Å². The minimum Gasteiger partial charge on any atom is -0.361 e. The number of nitrogens with zero attached hydrogens (tertiary/aromatic N) is 3. The number of rotatable bonds is 6. The predicted molar refractivity (Wildman–Crippen MR) is 168 cm³/mol. The Hall–Kier alpha value is -4.60. The highest BCUT2D eigenvalue weighted by molar-refractivity contribution is 6.42. The number of aromatic amines is 1. The zero-order chi connectivity index (χ0) is 30.2. The fraction of sp³-hybridized carbons (Fsp3) is 0.188. The van der Waals surface area contributed by atoms with E-state index in [-0.39, 0.29) is 30.0 Å². The quantitative estimate of drug-likeness (QED) is 0.231. The van der Waals surface area contributed by atoms with Gasteiger partial charge in [-0.15, -0.1) is 0 Å². The second-order valence-corrected chi connectivity index (χ2v) is 11.3. The van der Waals surface area contributed by atoms with Crippen LogP contribution >= 0.6 is 23.2 Å². The van der Waals surface area contributed by atoms with E-state index in [1.165, 1.54) is 4.57 Å². The van der Waals surface area contributed by atoms with Gasteiger partial charge in [-0.1, -0.05) is 29.3 Å². The van der Waals surface area contributed by atoms with Crippen LogP contribution in [0.2, 0.25) is 10.0 Å². The summed E-state index contributed by atoms with van der Waals surface area (Å²) in [7, 11) is 1.57. The van der Waals surface area contributed by atoms with Gasteiger partial charge in [0.1, 0.15) is 0 Å². The smallest absolute Gasteiger partial charge is 0.263 e. The maximum absolute atomic E-state index is 14.1. The summed E-state index contributed by atoms with van der Waals surface area (Å²) < 4.78 is 1.53. The van der Waals surface area contributed by atoms with Gasteiger partial charge in [0, 0.05) is 48.0 Å². The first-order valence-corrected chi connectivity index (χ1v) is 14.5. The zero-order valence-corrected chi connectivity index (χ0v) is 25.0. The highest BCUT2D eigenvalue weighted by atomic mass is 35.5. The van der Waals surface area contributed by atoms with Crippen molar-refractivity contribution in [3.05, 3.63) is 121 Å². The van der Waals surface area contributed by atoms with Gasteiger partial charge in [-0.25, -0.2) is 9.55 Å². The molecule has 5 aromatic rings. The molecule has 3 N–H and O–H groups in total. The van der Waals surface area contributed by atoms with Crippen molar-refractivity contribution in [2.75, 3.05) is 12.4 Å². The highest BCUT2D eigenvalue weighted by Crippen LogP contribution is 2.28. The molecule has 218 valence electrons. The number of carbonyl (C=O) groups excluding carboxylic acids is 2. The van der Waals surface area contributed by atoms with Crippen LogP contribution < -0.4 is 16.2 Å². The van der Waals surface area contributed by atoms with E-state index < -0.39 is 0 Å². The fourth-order valence-corrected chi connectivity index (χ4v) is 5.68. The van der Waals surface area contributed by atoms with Crippen molar-refractivity contribution in [1.82, 2.24) is 24.8 Å². The molecule has 0 saturated heterocycles. The van der Waals surface area contributed by atoms with Gasteiger partial charge >= 0.3 is 0 Å². The van der Waals surface area contributed by atoms with Gasteiger partial charge < -0.3 is 20.5 Å². The summed E-state index contributed by atoms with van der Waals surface area (Å²) in [5, 5.41) is 7.70. The lowest BCUT2D eigenvalue weighted by molar-refractivity contribution is 0.0653. The summed E-state index contributed by atoms with van der Waals surface area (Å²) in [5.41, 5.74) is 4.33. The van der Waals surface area contributed by atoms with E-state index in [1.807, 2.05) is 31.3 Å². The van der Waals surface area contributed by atoms with Crippen LogP contribution in [0, 0.1) is 0 Å². The van der Waals surface area contributed by atoms with E-state index in [9.17, 15) is 14.4 Å². The third kappa shape index (κ3) is 5.49. The SMILES string of the molecule is CNC(=O)c1ccc(-n2c(NCc3ccc4[nH]ccc4c3)nc3c(c2=O)C[C@@H](C)N(C(=O)c2ccc(Cl)c(Cl)c2)C3)cc1. The Kier molecular flexibility index (Phi) is 7.68. The molecule has 2 amide bonds. The molecule has 6 rings (SSSR count). The van der Waals surface area contributed by atoms with Crippen molar-refractivity contribution < 1.29 is 9.59 Å².